The van der Waals surface area contributed by atoms with Crippen LogP contribution in [0.15, 0.2) is 0 Å². The summed E-state index contributed by atoms with van der Waals surface area (Å²) < 4.78 is 60.0. The van der Waals surface area contributed by atoms with Crippen LogP contribution < -0.4 is 0 Å². The molecule has 0 aliphatic heterocycles. The van der Waals surface area contributed by atoms with Crippen molar-refractivity contribution in [1.29, 1.82) is 0 Å². The van der Waals surface area contributed by atoms with Crippen LogP contribution in [-0.2, 0) is 56.9 Å². The molecule has 12 heteroatoms. The first-order valence-corrected chi connectivity index (χ1v) is 20.7. The van der Waals surface area contributed by atoms with E-state index in [0.717, 1.165) is 19.4 Å². The molecule has 52 heavy (non-hydrogen) atoms. The minimum atomic E-state index is -0.184. The fraction of sp³-hybridized carbons (Fsp3) is 0.975. The Morgan fingerprint density at radius 2 is 0.500 bits per heavy atom. The topological polar surface area (TPSA) is 119 Å². The van der Waals surface area contributed by atoms with Crippen LogP contribution in [0.3, 0.4) is 0 Å². The maximum Gasteiger partial charge on any atom is 0.305 e. The van der Waals surface area contributed by atoms with Crippen LogP contribution in [0.2, 0.25) is 0 Å². The summed E-state index contributed by atoms with van der Waals surface area (Å²) in [7, 11) is 0. The SMILES string of the molecule is CCCCCCCCCCCCCCCCOCCOCCOCCOCCOCCOCCOCCOCCOCCOCCOC(=O)CCC. The maximum absolute atomic E-state index is 11.2. The van der Waals surface area contributed by atoms with Crippen molar-refractivity contribution in [2.45, 2.75) is 117 Å². The Hall–Kier alpha value is -0.930. The molecule has 0 atom stereocenters. The van der Waals surface area contributed by atoms with Crippen LogP contribution in [0.1, 0.15) is 117 Å². The third-order valence-electron chi connectivity index (χ3n) is 7.94. The van der Waals surface area contributed by atoms with Gasteiger partial charge in [0.1, 0.15) is 6.61 Å². The number of carbonyl (C=O) groups excluding carboxylic acids is 1. The Morgan fingerprint density at radius 1 is 0.269 bits per heavy atom. The van der Waals surface area contributed by atoms with Crippen molar-refractivity contribution in [2.24, 2.45) is 0 Å². The highest BCUT2D eigenvalue weighted by atomic mass is 16.6. The highest BCUT2D eigenvalue weighted by Gasteiger charge is 2.00. The lowest BCUT2D eigenvalue weighted by atomic mass is 10.0. The molecule has 0 rings (SSSR count). The van der Waals surface area contributed by atoms with Crippen LogP contribution in [0, 0.1) is 0 Å². The predicted molar refractivity (Wildman–Crippen MR) is 204 cm³/mol. The Kier molecular flexibility index (Phi) is 47.2. The number of esters is 1. The van der Waals surface area contributed by atoms with E-state index in [0.29, 0.717) is 132 Å². The first-order chi connectivity index (χ1) is 25.8. The van der Waals surface area contributed by atoms with Crippen molar-refractivity contribution in [3.05, 3.63) is 0 Å². The van der Waals surface area contributed by atoms with Gasteiger partial charge >= 0.3 is 5.97 Å². The Bertz CT molecular complexity index is 658. The summed E-state index contributed by atoms with van der Waals surface area (Å²) in [5.41, 5.74) is 0. The number of ether oxygens (including phenoxy) is 11. The molecule has 0 spiro atoms. The van der Waals surface area contributed by atoms with Gasteiger partial charge in [0.05, 0.1) is 126 Å². The lowest BCUT2D eigenvalue weighted by molar-refractivity contribution is -0.145. The minimum absolute atomic E-state index is 0.184. The maximum atomic E-state index is 11.2. The van der Waals surface area contributed by atoms with E-state index >= 15 is 0 Å². The molecular weight excluding hydrogens is 672 g/mol. The summed E-state index contributed by atoms with van der Waals surface area (Å²) in [5, 5.41) is 0. The largest absolute Gasteiger partial charge is 0.463 e. The Labute approximate surface area is 317 Å². The molecule has 0 saturated carbocycles. The summed E-state index contributed by atoms with van der Waals surface area (Å²) in [6.07, 6.45) is 20.5. The highest BCUT2D eigenvalue weighted by Crippen LogP contribution is 2.13. The van der Waals surface area contributed by atoms with Crippen molar-refractivity contribution in [3.63, 3.8) is 0 Å². The lowest BCUT2D eigenvalue weighted by Crippen LogP contribution is -2.15. The van der Waals surface area contributed by atoms with Gasteiger partial charge in [0, 0.05) is 13.0 Å². The number of hydrogen-bond donors (Lipinski definition) is 0. The number of unbranched alkanes of at least 4 members (excludes halogenated alkanes) is 13. The second-order valence-electron chi connectivity index (χ2n) is 12.7. The second-order valence-corrected chi connectivity index (χ2v) is 12.7. The molecule has 0 heterocycles. The lowest BCUT2D eigenvalue weighted by Gasteiger charge is -2.09. The summed E-state index contributed by atoms with van der Waals surface area (Å²) in [5.74, 6) is -0.184. The van der Waals surface area contributed by atoms with Gasteiger partial charge in [0.2, 0.25) is 0 Å². The molecule has 0 radical (unpaired) electrons. The predicted octanol–water partition coefficient (Wildman–Crippen LogP) is 6.98. The van der Waals surface area contributed by atoms with Crippen molar-refractivity contribution in [1.82, 2.24) is 0 Å². The zero-order valence-electron chi connectivity index (χ0n) is 33.6. The average molecular weight is 753 g/mol. The second kappa shape index (κ2) is 48.1. The van der Waals surface area contributed by atoms with Gasteiger partial charge in [-0.05, 0) is 12.8 Å². The molecule has 312 valence electrons. The van der Waals surface area contributed by atoms with Gasteiger partial charge in [-0.3, -0.25) is 4.79 Å². The molecule has 0 amide bonds. The van der Waals surface area contributed by atoms with Gasteiger partial charge in [-0.15, -0.1) is 0 Å². The first kappa shape index (κ1) is 51.1. The van der Waals surface area contributed by atoms with E-state index in [4.69, 9.17) is 52.1 Å². The van der Waals surface area contributed by atoms with Gasteiger partial charge in [0.25, 0.3) is 0 Å². The monoisotopic (exact) mass is 753 g/mol. The molecule has 0 aliphatic carbocycles. The molecule has 0 bridgehead atoms. The van der Waals surface area contributed by atoms with Crippen LogP contribution in [0.25, 0.3) is 0 Å². The fourth-order valence-electron chi connectivity index (χ4n) is 4.97. The summed E-state index contributed by atoms with van der Waals surface area (Å²) in [6, 6.07) is 0. The van der Waals surface area contributed by atoms with Gasteiger partial charge in [-0.2, -0.15) is 0 Å². The van der Waals surface area contributed by atoms with Crippen LogP contribution in [0.5, 0.6) is 0 Å². The molecule has 0 aliphatic rings. The Balaban J connectivity index is 3.06. The van der Waals surface area contributed by atoms with Crippen LogP contribution >= 0.6 is 0 Å². The normalized spacial score (nSPS) is 11.5. The van der Waals surface area contributed by atoms with Crippen molar-refractivity contribution in [2.75, 3.05) is 139 Å². The van der Waals surface area contributed by atoms with Gasteiger partial charge in [0.15, 0.2) is 0 Å². The quantitative estimate of drug-likeness (QED) is 0.0472. The molecule has 0 aromatic heterocycles. The highest BCUT2D eigenvalue weighted by molar-refractivity contribution is 5.69. The van der Waals surface area contributed by atoms with Gasteiger partial charge in [-0.25, -0.2) is 0 Å². The van der Waals surface area contributed by atoms with Crippen LogP contribution in [0.4, 0.5) is 0 Å². The van der Waals surface area contributed by atoms with E-state index in [-0.39, 0.29) is 12.6 Å². The van der Waals surface area contributed by atoms with Crippen molar-refractivity contribution < 1.29 is 56.9 Å². The van der Waals surface area contributed by atoms with Crippen LogP contribution in [-0.4, -0.2) is 145 Å². The smallest absolute Gasteiger partial charge is 0.305 e. The molecule has 0 fully saturated rings. The zero-order valence-corrected chi connectivity index (χ0v) is 33.6. The fourth-order valence-corrected chi connectivity index (χ4v) is 4.97. The van der Waals surface area contributed by atoms with Crippen molar-refractivity contribution >= 4 is 5.97 Å². The summed E-state index contributed by atoms with van der Waals surface area (Å²) in [6.45, 7) is 15.2. The summed E-state index contributed by atoms with van der Waals surface area (Å²) in [4.78, 5) is 11.2. The molecule has 0 saturated heterocycles. The molecule has 0 aromatic carbocycles. The average Bonchev–Trinajstić information content (AvgIpc) is 3.15. The molecule has 0 N–H and O–H groups in total. The molecule has 12 nitrogen and oxygen atoms in total. The van der Waals surface area contributed by atoms with Gasteiger partial charge in [-0.1, -0.05) is 97.3 Å². The zero-order chi connectivity index (χ0) is 37.5. The van der Waals surface area contributed by atoms with E-state index in [2.05, 4.69) is 6.92 Å². The van der Waals surface area contributed by atoms with E-state index in [9.17, 15) is 4.79 Å². The Morgan fingerprint density at radius 3 is 0.769 bits per heavy atom. The molecular formula is C40H80O12. The van der Waals surface area contributed by atoms with Gasteiger partial charge < -0.3 is 52.1 Å². The minimum Gasteiger partial charge on any atom is -0.463 e. The summed E-state index contributed by atoms with van der Waals surface area (Å²) >= 11 is 0. The van der Waals surface area contributed by atoms with E-state index < -0.39 is 0 Å². The van der Waals surface area contributed by atoms with E-state index in [1.54, 1.807) is 0 Å². The van der Waals surface area contributed by atoms with E-state index in [1.165, 1.54) is 83.5 Å². The molecule has 0 aromatic rings. The third kappa shape index (κ3) is 47.1. The first-order valence-electron chi connectivity index (χ1n) is 20.7. The third-order valence-corrected chi connectivity index (χ3v) is 7.94. The number of rotatable bonds is 47. The number of carbonyl (C=O) groups is 1. The molecule has 0 unspecified atom stereocenters. The van der Waals surface area contributed by atoms with E-state index in [1.807, 2.05) is 6.92 Å². The van der Waals surface area contributed by atoms with Crippen molar-refractivity contribution in [3.8, 4) is 0 Å². The number of hydrogen-bond acceptors (Lipinski definition) is 12. The standard InChI is InChI=1S/C40H80O12/c1-3-5-6-7-8-9-10-11-12-13-14-15-16-17-19-42-20-21-43-22-23-44-24-25-45-26-27-46-28-29-47-30-31-48-32-33-49-34-35-50-36-37-51-38-39-52-40(41)18-4-2/h3-39H2,1-2H3.